The molecule has 0 aliphatic heterocycles. The molecule has 152 valence electrons. The van der Waals surface area contributed by atoms with Crippen molar-refractivity contribution in [2.45, 2.75) is 20.8 Å². The predicted molar refractivity (Wildman–Crippen MR) is 116 cm³/mol. The Balaban J connectivity index is 1.53. The molecule has 0 aliphatic rings. The highest BCUT2D eigenvalue weighted by atomic mass is 16.5. The molecule has 2 aromatic carbocycles. The number of benzene rings is 2. The van der Waals surface area contributed by atoms with Crippen LogP contribution in [0.25, 0.3) is 5.69 Å². The van der Waals surface area contributed by atoms with E-state index in [2.05, 4.69) is 41.1 Å². The van der Waals surface area contributed by atoms with Crippen molar-refractivity contribution in [2.75, 3.05) is 26.8 Å². The first-order valence-corrected chi connectivity index (χ1v) is 9.76. The number of rotatable bonds is 9. The molecule has 1 N–H and O–H groups in total. The van der Waals surface area contributed by atoms with Crippen LogP contribution in [0.15, 0.2) is 54.6 Å². The standard InChI is InChI=1S/C24H28N2O3/c1-17-5-7-20(8-6-17)26-18(2)15-23(19(26)3)24(27)16-25-13-14-29-22-11-9-21(28-4)10-12-22/h5-12,15,25H,13-14,16H2,1-4H3. The van der Waals surface area contributed by atoms with E-state index >= 15 is 0 Å². The Kier molecular flexibility index (Phi) is 6.73. The Morgan fingerprint density at radius 3 is 2.28 bits per heavy atom. The summed E-state index contributed by atoms with van der Waals surface area (Å²) in [5, 5.41) is 3.17. The number of aromatic nitrogens is 1. The van der Waals surface area contributed by atoms with E-state index in [4.69, 9.17) is 9.47 Å². The largest absolute Gasteiger partial charge is 0.497 e. The van der Waals surface area contributed by atoms with E-state index < -0.39 is 0 Å². The van der Waals surface area contributed by atoms with E-state index in [1.165, 1.54) is 5.56 Å². The molecule has 0 unspecified atom stereocenters. The molecular formula is C24H28N2O3. The molecule has 0 saturated carbocycles. The summed E-state index contributed by atoms with van der Waals surface area (Å²) in [6.07, 6.45) is 0. The minimum absolute atomic E-state index is 0.0842. The van der Waals surface area contributed by atoms with Gasteiger partial charge in [-0.15, -0.1) is 0 Å². The van der Waals surface area contributed by atoms with Crippen molar-refractivity contribution in [1.82, 2.24) is 9.88 Å². The topological polar surface area (TPSA) is 52.5 Å². The minimum Gasteiger partial charge on any atom is -0.497 e. The molecule has 0 spiro atoms. The normalized spacial score (nSPS) is 10.8. The van der Waals surface area contributed by atoms with Crippen LogP contribution in [0.5, 0.6) is 11.5 Å². The van der Waals surface area contributed by atoms with Crippen LogP contribution in [0.3, 0.4) is 0 Å². The molecule has 5 heteroatoms. The maximum atomic E-state index is 12.7. The Bertz CT molecular complexity index is 957. The van der Waals surface area contributed by atoms with Gasteiger partial charge < -0.3 is 19.4 Å². The van der Waals surface area contributed by atoms with Crippen LogP contribution in [0, 0.1) is 20.8 Å². The zero-order valence-electron chi connectivity index (χ0n) is 17.5. The number of ketones is 1. The summed E-state index contributed by atoms with van der Waals surface area (Å²) in [7, 11) is 1.63. The highest BCUT2D eigenvalue weighted by Gasteiger charge is 2.16. The van der Waals surface area contributed by atoms with Crippen molar-refractivity contribution in [3.05, 3.63) is 77.1 Å². The SMILES string of the molecule is COc1ccc(OCCNCC(=O)c2cc(C)n(-c3ccc(C)cc3)c2C)cc1. The van der Waals surface area contributed by atoms with Crippen LogP contribution in [0.4, 0.5) is 0 Å². The van der Waals surface area contributed by atoms with Crippen molar-refractivity contribution < 1.29 is 14.3 Å². The van der Waals surface area contributed by atoms with Crippen molar-refractivity contribution >= 4 is 5.78 Å². The number of methoxy groups -OCH3 is 1. The fourth-order valence-electron chi connectivity index (χ4n) is 3.35. The summed E-state index contributed by atoms with van der Waals surface area (Å²) >= 11 is 0. The second kappa shape index (κ2) is 9.43. The number of nitrogens with zero attached hydrogens (tertiary/aromatic N) is 1. The molecule has 0 bridgehead atoms. The molecule has 29 heavy (non-hydrogen) atoms. The number of hydrogen-bond donors (Lipinski definition) is 1. The molecule has 1 heterocycles. The second-order valence-electron chi connectivity index (χ2n) is 7.08. The molecule has 0 saturated heterocycles. The second-order valence-corrected chi connectivity index (χ2v) is 7.08. The van der Waals surface area contributed by atoms with Gasteiger partial charge in [0.1, 0.15) is 18.1 Å². The van der Waals surface area contributed by atoms with Crippen LogP contribution in [0.1, 0.15) is 27.3 Å². The third-order valence-corrected chi connectivity index (χ3v) is 4.92. The Hall–Kier alpha value is -3.05. The lowest BCUT2D eigenvalue weighted by molar-refractivity contribution is 0.0989. The first kappa shape index (κ1) is 20.7. The zero-order chi connectivity index (χ0) is 20.8. The van der Waals surface area contributed by atoms with E-state index in [1.807, 2.05) is 44.2 Å². The lowest BCUT2D eigenvalue weighted by Gasteiger charge is -2.10. The van der Waals surface area contributed by atoms with Crippen LogP contribution in [-0.4, -0.2) is 37.2 Å². The highest BCUT2D eigenvalue weighted by molar-refractivity contribution is 5.99. The number of carbonyl (C=O) groups excluding carboxylic acids is 1. The van der Waals surface area contributed by atoms with Gasteiger partial charge in [-0.25, -0.2) is 0 Å². The molecule has 3 aromatic rings. The summed E-state index contributed by atoms with van der Waals surface area (Å²) in [6.45, 7) is 7.45. The van der Waals surface area contributed by atoms with Crippen LogP contribution >= 0.6 is 0 Å². The van der Waals surface area contributed by atoms with Crippen molar-refractivity contribution in [3.8, 4) is 17.2 Å². The Morgan fingerprint density at radius 1 is 0.966 bits per heavy atom. The maximum absolute atomic E-state index is 12.7. The smallest absolute Gasteiger partial charge is 0.178 e. The average Bonchev–Trinajstić information content (AvgIpc) is 3.03. The van der Waals surface area contributed by atoms with Gasteiger partial charge in [-0.2, -0.15) is 0 Å². The lowest BCUT2D eigenvalue weighted by atomic mass is 10.1. The van der Waals surface area contributed by atoms with Crippen LogP contribution in [-0.2, 0) is 0 Å². The van der Waals surface area contributed by atoms with Gasteiger partial charge in [0, 0.05) is 29.2 Å². The highest BCUT2D eigenvalue weighted by Crippen LogP contribution is 2.21. The summed E-state index contributed by atoms with van der Waals surface area (Å²) in [5.74, 6) is 1.66. The molecule has 0 radical (unpaired) electrons. The van der Waals surface area contributed by atoms with E-state index in [1.54, 1.807) is 7.11 Å². The number of aryl methyl sites for hydroxylation is 2. The first-order chi connectivity index (χ1) is 14.0. The molecule has 3 rings (SSSR count). The summed E-state index contributed by atoms with van der Waals surface area (Å²) < 4.78 is 12.9. The van der Waals surface area contributed by atoms with Gasteiger partial charge >= 0.3 is 0 Å². The molecule has 5 nitrogen and oxygen atoms in total. The molecule has 0 amide bonds. The van der Waals surface area contributed by atoms with Gasteiger partial charge in [0.25, 0.3) is 0 Å². The number of nitrogens with one attached hydrogen (secondary N) is 1. The van der Waals surface area contributed by atoms with Crippen LogP contribution in [0.2, 0.25) is 0 Å². The molecular weight excluding hydrogens is 364 g/mol. The first-order valence-electron chi connectivity index (χ1n) is 9.76. The number of hydrogen-bond acceptors (Lipinski definition) is 4. The van der Waals surface area contributed by atoms with Crippen LogP contribution < -0.4 is 14.8 Å². The van der Waals surface area contributed by atoms with Crippen molar-refractivity contribution in [2.24, 2.45) is 0 Å². The minimum atomic E-state index is 0.0842. The van der Waals surface area contributed by atoms with E-state index in [0.29, 0.717) is 13.2 Å². The summed E-state index contributed by atoms with van der Waals surface area (Å²) in [5.41, 5.74) is 5.07. The van der Waals surface area contributed by atoms with Gasteiger partial charge in [-0.1, -0.05) is 17.7 Å². The number of ether oxygens (including phenoxy) is 2. The lowest BCUT2D eigenvalue weighted by Crippen LogP contribution is -2.27. The third kappa shape index (κ3) is 5.06. The fourth-order valence-corrected chi connectivity index (χ4v) is 3.35. The van der Waals surface area contributed by atoms with Crippen molar-refractivity contribution in [1.29, 1.82) is 0 Å². The predicted octanol–water partition coefficient (Wildman–Crippen LogP) is 4.26. The molecule has 0 fully saturated rings. The maximum Gasteiger partial charge on any atom is 0.178 e. The van der Waals surface area contributed by atoms with E-state index in [9.17, 15) is 4.79 Å². The third-order valence-electron chi connectivity index (χ3n) is 4.92. The van der Waals surface area contributed by atoms with Gasteiger partial charge in [-0.05, 0) is 63.2 Å². The Morgan fingerprint density at radius 2 is 1.62 bits per heavy atom. The zero-order valence-corrected chi connectivity index (χ0v) is 17.5. The molecule has 0 aliphatic carbocycles. The van der Waals surface area contributed by atoms with Crippen molar-refractivity contribution in [3.63, 3.8) is 0 Å². The van der Waals surface area contributed by atoms with Gasteiger partial charge in [0.05, 0.1) is 13.7 Å². The summed E-state index contributed by atoms with van der Waals surface area (Å²) in [4.78, 5) is 12.7. The van der Waals surface area contributed by atoms with Gasteiger partial charge in [0.2, 0.25) is 0 Å². The monoisotopic (exact) mass is 392 g/mol. The van der Waals surface area contributed by atoms with E-state index in [-0.39, 0.29) is 12.3 Å². The van der Waals surface area contributed by atoms with Gasteiger partial charge in [0.15, 0.2) is 5.78 Å². The molecule has 1 aromatic heterocycles. The number of carbonyl (C=O) groups is 1. The number of Topliss-reactive ketones (excluding diaryl/α,β-unsaturated/α-hetero) is 1. The molecule has 0 atom stereocenters. The quantitative estimate of drug-likeness (QED) is 0.437. The Labute approximate surface area is 172 Å². The van der Waals surface area contributed by atoms with Gasteiger partial charge in [-0.3, -0.25) is 4.79 Å². The summed E-state index contributed by atoms with van der Waals surface area (Å²) in [6, 6.07) is 17.7. The van der Waals surface area contributed by atoms with E-state index in [0.717, 1.165) is 34.1 Å². The average molecular weight is 392 g/mol. The fraction of sp³-hybridized carbons (Fsp3) is 0.292.